The minimum atomic E-state index is -4.90. The predicted octanol–water partition coefficient (Wildman–Crippen LogP) is 3.48. The summed E-state index contributed by atoms with van der Waals surface area (Å²) in [5.41, 5.74) is 0.386. The maximum Gasteiger partial charge on any atom is 0.573 e. The van der Waals surface area contributed by atoms with E-state index < -0.39 is 40.6 Å². The molecule has 0 aliphatic carbocycles. The van der Waals surface area contributed by atoms with Crippen LogP contribution in [0, 0.1) is 0 Å². The second-order valence-corrected chi connectivity index (χ2v) is 7.51. The summed E-state index contributed by atoms with van der Waals surface area (Å²) in [7, 11) is -4.22. The number of rotatable bonds is 9. The van der Waals surface area contributed by atoms with E-state index in [1.807, 2.05) is 0 Å². The lowest BCUT2D eigenvalue weighted by atomic mass is 10.0. The van der Waals surface area contributed by atoms with Gasteiger partial charge in [0.25, 0.3) is 0 Å². The maximum atomic E-state index is 12.6. The van der Waals surface area contributed by atoms with Crippen LogP contribution in [-0.4, -0.2) is 32.5 Å². The summed E-state index contributed by atoms with van der Waals surface area (Å²) < 4.78 is 73.0. The molecule has 0 aliphatic heterocycles. The Morgan fingerprint density at radius 3 is 2.10 bits per heavy atom. The van der Waals surface area contributed by atoms with Gasteiger partial charge in [-0.3, -0.25) is 4.79 Å². The topological polar surface area (TPSA) is 102 Å². The van der Waals surface area contributed by atoms with E-state index in [1.54, 1.807) is 19.1 Å². The fourth-order valence-electron chi connectivity index (χ4n) is 2.44. The van der Waals surface area contributed by atoms with Crippen LogP contribution in [-0.2, 0) is 14.8 Å². The summed E-state index contributed by atoms with van der Waals surface area (Å²) in [6.07, 6.45) is -5.44. The van der Waals surface area contributed by atoms with Crippen LogP contribution < -0.4 is 14.2 Å². The number of carboxylic acids is 1. The third-order valence-electron chi connectivity index (χ3n) is 3.64. The van der Waals surface area contributed by atoms with Gasteiger partial charge in [-0.1, -0.05) is 12.1 Å². The number of aliphatic carboxylic acids is 1. The van der Waals surface area contributed by atoms with E-state index in [1.165, 1.54) is 12.1 Å². The van der Waals surface area contributed by atoms with Crippen LogP contribution in [0.2, 0.25) is 0 Å². The van der Waals surface area contributed by atoms with Crippen LogP contribution in [0.4, 0.5) is 13.2 Å². The highest BCUT2D eigenvalue weighted by Crippen LogP contribution is 2.26. The summed E-state index contributed by atoms with van der Waals surface area (Å²) in [5, 5.41) is 9.11. The molecular formula is C18H18F3NO6S. The summed E-state index contributed by atoms with van der Waals surface area (Å²) in [6.45, 7) is 2.22. The molecule has 0 unspecified atom stereocenters. The molecule has 11 heteroatoms. The van der Waals surface area contributed by atoms with Crippen molar-refractivity contribution in [2.24, 2.45) is 0 Å². The van der Waals surface area contributed by atoms with E-state index in [0.29, 0.717) is 17.9 Å². The van der Waals surface area contributed by atoms with Gasteiger partial charge < -0.3 is 14.6 Å². The quantitative estimate of drug-likeness (QED) is 0.628. The van der Waals surface area contributed by atoms with E-state index in [2.05, 4.69) is 9.46 Å². The van der Waals surface area contributed by atoms with Gasteiger partial charge in [-0.15, -0.1) is 13.2 Å². The molecule has 2 aromatic carbocycles. The number of benzene rings is 2. The van der Waals surface area contributed by atoms with E-state index in [4.69, 9.17) is 9.84 Å². The minimum Gasteiger partial charge on any atom is -0.494 e. The third kappa shape index (κ3) is 6.95. The van der Waals surface area contributed by atoms with Crippen LogP contribution in [0.5, 0.6) is 11.5 Å². The highest BCUT2D eigenvalue weighted by atomic mass is 32.2. The van der Waals surface area contributed by atoms with Gasteiger partial charge >= 0.3 is 12.3 Å². The largest absolute Gasteiger partial charge is 0.573 e. The first-order chi connectivity index (χ1) is 13.5. The van der Waals surface area contributed by atoms with Gasteiger partial charge in [0.15, 0.2) is 0 Å². The van der Waals surface area contributed by atoms with E-state index >= 15 is 0 Å². The number of nitrogens with one attached hydrogen (secondary N) is 1. The van der Waals surface area contributed by atoms with E-state index in [9.17, 15) is 26.4 Å². The van der Waals surface area contributed by atoms with Crippen LogP contribution in [0.1, 0.15) is 24.9 Å². The van der Waals surface area contributed by atoms with Crippen LogP contribution in [0.3, 0.4) is 0 Å². The predicted molar refractivity (Wildman–Crippen MR) is 96.1 cm³/mol. The molecule has 0 radical (unpaired) electrons. The van der Waals surface area contributed by atoms with Gasteiger partial charge in [0.05, 0.1) is 24.0 Å². The highest BCUT2D eigenvalue weighted by molar-refractivity contribution is 7.89. The first-order valence-corrected chi connectivity index (χ1v) is 9.81. The fourth-order valence-corrected chi connectivity index (χ4v) is 3.67. The fraction of sp³-hybridized carbons (Fsp3) is 0.278. The Labute approximate surface area is 165 Å². The van der Waals surface area contributed by atoms with Crippen molar-refractivity contribution < 1.29 is 41.0 Å². The Morgan fingerprint density at radius 2 is 1.62 bits per heavy atom. The van der Waals surface area contributed by atoms with Gasteiger partial charge in [-0.2, -0.15) is 0 Å². The zero-order valence-electron chi connectivity index (χ0n) is 15.1. The van der Waals surface area contributed by atoms with Gasteiger partial charge in [0.1, 0.15) is 11.5 Å². The normalized spacial score (nSPS) is 13.0. The summed E-state index contributed by atoms with van der Waals surface area (Å²) in [4.78, 5) is 10.8. The molecule has 0 heterocycles. The van der Waals surface area contributed by atoms with Crippen molar-refractivity contribution in [3.05, 3.63) is 54.1 Å². The average Bonchev–Trinajstić information content (AvgIpc) is 2.60. The number of ether oxygens (including phenoxy) is 2. The van der Waals surface area contributed by atoms with E-state index in [-0.39, 0.29) is 4.90 Å². The number of sulfonamides is 1. The van der Waals surface area contributed by atoms with Crippen molar-refractivity contribution in [3.63, 3.8) is 0 Å². The van der Waals surface area contributed by atoms with Crippen molar-refractivity contribution in [1.82, 2.24) is 4.72 Å². The Hall–Kier alpha value is -2.79. The molecular weight excluding hydrogens is 415 g/mol. The standard InChI is InChI=1S/C18H18F3NO6S/c1-2-27-13-5-3-12(4-6-13)16(11-17(23)24)22-29(25,26)15-9-7-14(8-10-15)28-18(19,20)21/h3-10,16,22H,2,11H2,1H3,(H,23,24)/t16-/m0/s1. The van der Waals surface area contributed by atoms with Crippen molar-refractivity contribution in [2.45, 2.75) is 30.6 Å². The third-order valence-corrected chi connectivity index (χ3v) is 5.12. The molecule has 29 heavy (non-hydrogen) atoms. The Kier molecular flexibility index (Phi) is 7.09. The molecule has 0 bridgehead atoms. The molecule has 7 nitrogen and oxygen atoms in total. The monoisotopic (exact) mass is 433 g/mol. The lowest BCUT2D eigenvalue weighted by Gasteiger charge is -2.18. The molecule has 158 valence electrons. The lowest BCUT2D eigenvalue weighted by molar-refractivity contribution is -0.274. The Balaban J connectivity index is 2.23. The molecule has 0 aromatic heterocycles. The summed E-state index contributed by atoms with van der Waals surface area (Å²) in [6, 6.07) is 8.67. The number of alkyl halides is 3. The number of hydrogen-bond donors (Lipinski definition) is 2. The highest BCUT2D eigenvalue weighted by Gasteiger charge is 2.31. The molecule has 0 amide bonds. The van der Waals surface area contributed by atoms with Gasteiger partial charge in [0.2, 0.25) is 10.0 Å². The van der Waals surface area contributed by atoms with Crippen molar-refractivity contribution in [1.29, 1.82) is 0 Å². The maximum absolute atomic E-state index is 12.6. The smallest absolute Gasteiger partial charge is 0.494 e. The van der Waals surface area contributed by atoms with Crippen molar-refractivity contribution in [2.75, 3.05) is 6.61 Å². The molecule has 0 fully saturated rings. The zero-order valence-corrected chi connectivity index (χ0v) is 16.0. The molecule has 2 N–H and O–H groups in total. The number of carboxylic acid groups (broad SMARTS) is 1. The molecule has 0 saturated heterocycles. The summed E-state index contributed by atoms with van der Waals surface area (Å²) >= 11 is 0. The zero-order chi connectivity index (χ0) is 21.7. The second-order valence-electron chi connectivity index (χ2n) is 5.79. The molecule has 2 rings (SSSR count). The van der Waals surface area contributed by atoms with Gasteiger partial charge in [0, 0.05) is 0 Å². The number of halogens is 3. The van der Waals surface area contributed by atoms with E-state index in [0.717, 1.165) is 24.3 Å². The molecule has 2 aromatic rings. The van der Waals surface area contributed by atoms with Crippen molar-refractivity contribution in [3.8, 4) is 11.5 Å². The van der Waals surface area contributed by atoms with Gasteiger partial charge in [-0.25, -0.2) is 13.1 Å². The Bertz CT molecular complexity index is 928. The van der Waals surface area contributed by atoms with Crippen LogP contribution in [0.25, 0.3) is 0 Å². The minimum absolute atomic E-state index is 0.339. The Morgan fingerprint density at radius 1 is 1.07 bits per heavy atom. The molecule has 1 atom stereocenters. The number of hydrogen-bond acceptors (Lipinski definition) is 5. The van der Waals surface area contributed by atoms with Crippen LogP contribution in [0.15, 0.2) is 53.4 Å². The van der Waals surface area contributed by atoms with Gasteiger partial charge in [-0.05, 0) is 48.9 Å². The lowest BCUT2D eigenvalue weighted by Crippen LogP contribution is -2.30. The SMILES string of the molecule is CCOc1ccc([C@H](CC(=O)O)NS(=O)(=O)c2ccc(OC(F)(F)F)cc2)cc1. The first kappa shape index (κ1) is 22.5. The first-order valence-electron chi connectivity index (χ1n) is 8.33. The number of carbonyl (C=O) groups is 1. The van der Waals surface area contributed by atoms with Crippen molar-refractivity contribution >= 4 is 16.0 Å². The van der Waals surface area contributed by atoms with Crippen LogP contribution >= 0.6 is 0 Å². The molecule has 0 aliphatic rings. The second kappa shape index (κ2) is 9.14. The summed E-state index contributed by atoms with van der Waals surface area (Å²) in [5.74, 6) is -1.28. The molecule has 0 spiro atoms. The average molecular weight is 433 g/mol. The molecule has 0 saturated carbocycles.